The Labute approximate surface area is 126 Å². The van der Waals surface area contributed by atoms with Crippen LogP contribution in [0.1, 0.15) is 51.1 Å². The molecule has 0 saturated heterocycles. The number of aliphatic hydroxyl groups excluding tert-OH is 1. The summed E-state index contributed by atoms with van der Waals surface area (Å²) in [7, 11) is 0. The lowest BCUT2D eigenvalue weighted by molar-refractivity contribution is 0.0334. The summed E-state index contributed by atoms with van der Waals surface area (Å²) >= 11 is 1.65. The van der Waals surface area contributed by atoms with Gasteiger partial charge in [0.15, 0.2) is 0 Å². The number of hydrogen-bond acceptors (Lipinski definition) is 5. The molecule has 116 valence electrons. The molecule has 0 aliphatic rings. The Bertz CT molecular complexity index is 331. The van der Waals surface area contributed by atoms with Crippen molar-refractivity contribution >= 4 is 11.3 Å². The predicted molar refractivity (Wildman–Crippen MR) is 84.0 cm³/mol. The molecule has 0 saturated carbocycles. The highest BCUT2D eigenvalue weighted by Gasteiger charge is 2.13. The molecule has 1 rings (SSSR count). The molecular weight excluding hydrogens is 272 g/mol. The third kappa shape index (κ3) is 7.33. The van der Waals surface area contributed by atoms with Crippen molar-refractivity contribution in [1.82, 2.24) is 10.3 Å². The summed E-state index contributed by atoms with van der Waals surface area (Å²) in [6.07, 6.45) is 4.57. The van der Waals surface area contributed by atoms with Crippen LogP contribution < -0.4 is 5.32 Å². The van der Waals surface area contributed by atoms with Gasteiger partial charge in [-0.3, -0.25) is 0 Å². The third-order valence-electron chi connectivity index (χ3n) is 3.14. The molecule has 0 radical (unpaired) electrons. The van der Waals surface area contributed by atoms with E-state index in [1.54, 1.807) is 11.3 Å². The Morgan fingerprint density at radius 2 is 2.25 bits per heavy atom. The minimum Gasteiger partial charge on any atom is -0.389 e. The highest BCUT2D eigenvalue weighted by atomic mass is 32.1. The average molecular weight is 300 g/mol. The molecule has 5 heteroatoms. The van der Waals surface area contributed by atoms with Crippen LogP contribution in [0.25, 0.3) is 0 Å². The Morgan fingerprint density at radius 3 is 2.85 bits per heavy atom. The molecule has 4 nitrogen and oxygen atoms in total. The van der Waals surface area contributed by atoms with Crippen LogP contribution in [0.3, 0.4) is 0 Å². The first-order chi connectivity index (χ1) is 9.63. The molecule has 0 aromatic carbocycles. The van der Waals surface area contributed by atoms with Gasteiger partial charge < -0.3 is 15.2 Å². The highest BCUT2D eigenvalue weighted by molar-refractivity contribution is 7.09. The predicted octanol–water partition coefficient (Wildman–Crippen LogP) is 3.00. The summed E-state index contributed by atoms with van der Waals surface area (Å²) in [5.41, 5.74) is 0. The number of aromatic nitrogens is 1. The van der Waals surface area contributed by atoms with Gasteiger partial charge in [-0.15, -0.1) is 11.3 Å². The van der Waals surface area contributed by atoms with Gasteiger partial charge in [-0.2, -0.15) is 0 Å². The van der Waals surface area contributed by atoms with Crippen molar-refractivity contribution in [2.45, 2.75) is 52.2 Å². The van der Waals surface area contributed by atoms with Gasteiger partial charge >= 0.3 is 0 Å². The van der Waals surface area contributed by atoms with Gasteiger partial charge in [0.25, 0.3) is 0 Å². The first-order valence-corrected chi connectivity index (χ1v) is 8.40. The summed E-state index contributed by atoms with van der Waals surface area (Å²) in [5, 5.41) is 16.3. The van der Waals surface area contributed by atoms with Crippen LogP contribution >= 0.6 is 11.3 Å². The van der Waals surface area contributed by atoms with E-state index in [0.29, 0.717) is 19.1 Å². The SMILES string of the molecule is CCC(NCC(O)COCCCC(C)C)c1nccs1. The Morgan fingerprint density at radius 1 is 1.45 bits per heavy atom. The van der Waals surface area contributed by atoms with Gasteiger partial charge in [0, 0.05) is 24.7 Å². The lowest BCUT2D eigenvalue weighted by atomic mass is 10.1. The molecule has 1 aromatic heterocycles. The topological polar surface area (TPSA) is 54.4 Å². The van der Waals surface area contributed by atoms with E-state index in [1.165, 1.54) is 6.42 Å². The van der Waals surface area contributed by atoms with E-state index >= 15 is 0 Å². The fraction of sp³-hybridized carbons (Fsp3) is 0.800. The van der Waals surface area contributed by atoms with E-state index in [4.69, 9.17) is 4.74 Å². The molecule has 1 heterocycles. The molecule has 0 spiro atoms. The van der Waals surface area contributed by atoms with E-state index in [2.05, 4.69) is 31.1 Å². The van der Waals surface area contributed by atoms with E-state index in [-0.39, 0.29) is 6.04 Å². The Hall–Kier alpha value is -0.490. The zero-order chi connectivity index (χ0) is 14.8. The largest absolute Gasteiger partial charge is 0.389 e. The lowest BCUT2D eigenvalue weighted by Crippen LogP contribution is -2.33. The summed E-state index contributed by atoms with van der Waals surface area (Å²) in [5.74, 6) is 0.716. The van der Waals surface area contributed by atoms with Crippen LogP contribution in [-0.4, -0.2) is 36.0 Å². The van der Waals surface area contributed by atoms with Crippen LogP contribution in [0.4, 0.5) is 0 Å². The fourth-order valence-electron chi connectivity index (χ4n) is 1.96. The second-order valence-electron chi connectivity index (χ2n) is 5.50. The molecule has 2 N–H and O–H groups in total. The Balaban J connectivity index is 2.11. The van der Waals surface area contributed by atoms with E-state index in [1.807, 2.05) is 11.6 Å². The number of aliphatic hydroxyl groups is 1. The highest BCUT2D eigenvalue weighted by Crippen LogP contribution is 2.18. The van der Waals surface area contributed by atoms with Crippen molar-refractivity contribution in [1.29, 1.82) is 0 Å². The van der Waals surface area contributed by atoms with Gasteiger partial charge in [0.05, 0.1) is 18.8 Å². The fourth-order valence-corrected chi connectivity index (χ4v) is 2.76. The average Bonchev–Trinajstić information content (AvgIpc) is 2.92. The molecule has 0 bridgehead atoms. The number of rotatable bonds is 11. The van der Waals surface area contributed by atoms with Gasteiger partial charge in [0.2, 0.25) is 0 Å². The molecule has 0 aliphatic heterocycles. The maximum Gasteiger partial charge on any atom is 0.109 e. The van der Waals surface area contributed by atoms with Crippen molar-refractivity contribution in [3.05, 3.63) is 16.6 Å². The number of nitrogens with one attached hydrogen (secondary N) is 1. The summed E-state index contributed by atoms with van der Waals surface area (Å²) < 4.78 is 5.50. The summed E-state index contributed by atoms with van der Waals surface area (Å²) in [4.78, 5) is 4.31. The molecule has 0 fully saturated rings. The normalized spacial score (nSPS) is 14.7. The molecular formula is C15H28N2O2S. The van der Waals surface area contributed by atoms with E-state index in [9.17, 15) is 5.11 Å². The second-order valence-corrected chi connectivity index (χ2v) is 6.43. The Kier molecular flexibility index (Phi) is 9.02. The van der Waals surface area contributed by atoms with Gasteiger partial charge in [-0.25, -0.2) is 4.98 Å². The van der Waals surface area contributed by atoms with Gasteiger partial charge in [0.1, 0.15) is 5.01 Å². The standard InChI is InChI=1S/C15H28N2O2S/c1-4-14(15-16-7-9-20-15)17-10-13(18)11-19-8-5-6-12(2)3/h7,9,12-14,17-18H,4-6,8,10-11H2,1-3H3. The quantitative estimate of drug-likeness (QED) is 0.617. The van der Waals surface area contributed by atoms with E-state index in [0.717, 1.165) is 24.5 Å². The van der Waals surface area contributed by atoms with Crippen LogP contribution in [0.5, 0.6) is 0 Å². The van der Waals surface area contributed by atoms with Crippen LogP contribution in [0.2, 0.25) is 0 Å². The van der Waals surface area contributed by atoms with Crippen molar-refractivity contribution < 1.29 is 9.84 Å². The molecule has 1 aromatic rings. The summed E-state index contributed by atoms with van der Waals surface area (Å²) in [6.45, 7) is 8.22. The molecule has 2 unspecified atom stereocenters. The van der Waals surface area contributed by atoms with Crippen LogP contribution in [-0.2, 0) is 4.74 Å². The van der Waals surface area contributed by atoms with Crippen molar-refractivity contribution in [2.75, 3.05) is 19.8 Å². The van der Waals surface area contributed by atoms with Crippen LogP contribution in [0, 0.1) is 5.92 Å². The zero-order valence-corrected chi connectivity index (χ0v) is 13.7. The maximum atomic E-state index is 9.90. The summed E-state index contributed by atoms with van der Waals surface area (Å²) in [6, 6.07) is 0.227. The molecule has 20 heavy (non-hydrogen) atoms. The van der Waals surface area contributed by atoms with Crippen molar-refractivity contribution in [3.8, 4) is 0 Å². The van der Waals surface area contributed by atoms with E-state index < -0.39 is 6.10 Å². The first kappa shape index (κ1) is 17.6. The first-order valence-electron chi connectivity index (χ1n) is 7.52. The lowest BCUT2D eigenvalue weighted by Gasteiger charge is -2.18. The van der Waals surface area contributed by atoms with Gasteiger partial charge in [-0.05, 0) is 25.2 Å². The number of ether oxygens (including phenoxy) is 1. The molecule has 0 amide bonds. The number of thiazole rings is 1. The van der Waals surface area contributed by atoms with Gasteiger partial charge in [-0.1, -0.05) is 20.8 Å². The minimum atomic E-state index is -0.455. The minimum absolute atomic E-state index is 0.227. The monoisotopic (exact) mass is 300 g/mol. The molecule has 2 atom stereocenters. The number of nitrogens with zero attached hydrogens (tertiary/aromatic N) is 1. The maximum absolute atomic E-state index is 9.90. The number of hydrogen-bond donors (Lipinski definition) is 2. The zero-order valence-electron chi connectivity index (χ0n) is 12.8. The second kappa shape index (κ2) is 10.3. The smallest absolute Gasteiger partial charge is 0.109 e. The molecule has 0 aliphatic carbocycles. The van der Waals surface area contributed by atoms with Crippen LogP contribution in [0.15, 0.2) is 11.6 Å². The third-order valence-corrected chi connectivity index (χ3v) is 4.03. The van der Waals surface area contributed by atoms with Crippen molar-refractivity contribution in [3.63, 3.8) is 0 Å². The van der Waals surface area contributed by atoms with Crippen molar-refractivity contribution in [2.24, 2.45) is 5.92 Å².